The highest BCUT2D eigenvalue weighted by atomic mass is 16.4. The Morgan fingerprint density at radius 3 is 2.45 bits per heavy atom. The molecule has 0 saturated heterocycles. The number of furan rings is 1. The zero-order chi connectivity index (χ0) is 15.1. The van der Waals surface area contributed by atoms with E-state index in [9.17, 15) is 9.59 Å². The number of aliphatic carboxylic acids is 1. The monoisotopic (exact) mass is 283 g/mol. The first-order valence-corrected chi connectivity index (χ1v) is 6.64. The molecule has 0 aliphatic rings. The first-order valence-electron chi connectivity index (χ1n) is 6.64. The second kappa shape index (κ2) is 7.69. The molecule has 0 unspecified atom stereocenters. The van der Waals surface area contributed by atoms with Crippen LogP contribution >= 0.6 is 0 Å². The number of rotatable bonds is 9. The van der Waals surface area contributed by atoms with Crippen LogP contribution in [0, 0.1) is 5.92 Å². The van der Waals surface area contributed by atoms with E-state index in [-0.39, 0.29) is 12.2 Å². The summed E-state index contributed by atoms with van der Waals surface area (Å²) in [7, 11) is 0. The van der Waals surface area contributed by atoms with Gasteiger partial charge in [0, 0.05) is 6.54 Å². The van der Waals surface area contributed by atoms with Crippen LogP contribution in [0.5, 0.6) is 0 Å². The molecular weight excluding hydrogens is 262 g/mol. The minimum Gasteiger partial charge on any atom is -0.481 e. The lowest BCUT2D eigenvalue weighted by Gasteiger charge is -2.21. The van der Waals surface area contributed by atoms with Crippen LogP contribution in [0.2, 0.25) is 0 Å². The molecule has 1 heterocycles. The van der Waals surface area contributed by atoms with Crippen LogP contribution in [0.3, 0.4) is 0 Å². The zero-order valence-electron chi connectivity index (χ0n) is 11.8. The Labute approximate surface area is 118 Å². The van der Waals surface area contributed by atoms with Gasteiger partial charge in [0.2, 0.25) is 5.76 Å². The Morgan fingerprint density at radius 1 is 1.25 bits per heavy atom. The fraction of sp³-hybridized carbons (Fsp3) is 0.571. The predicted octanol–water partition coefficient (Wildman–Crippen LogP) is 2.30. The van der Waals surface area contributed by atoms with E-state index in [2.05, 4.69) is 13.8 Å². The van der Waals surface area contributed by atoms with Crippen LogP contribution in [0.4, 0.5) is 0 Å². The number of hydrogen-bond donors (Lipinski definition) is 2. The van der Waals surface area contributed by atoms with Crippen molar-refractivity contribution in [3.63, 3.8) is 0 Å². The number of hydrogen-bond acceptors (Lipinski definition) is 4. The highest BCUT2D eigenvalue weighted by molar-refractivity contribution is 5.84. The second-order valence-corrected chi connectivity index (χ2v) is 5.17. The number of aromatic carboxylic acids is 1. The average Bonchev–Trinajstić information content (AvgIpc) is 2.81. The molecule has 1 aromatic heterocycles. The molecule has 2 N–H and O–H groups in total. The molecule has 0 amide bonds. The Morgan fingerprint density at radius 2 is 1.95 bits per heavy atom. The first-order chi connectivity index (χ1) is 9.38. The van der Waals surface area contributed by atoms with Crippen LogP contribution in [-0.4, -0.2) is 40.1 Å². The summed E-state index contributed by atoms with van der Waals surface area (Å²) >= 11 is 0. The SMILES string of the molecule is CC(C)CCN(CCC(=O)O)Cc1ccc(C(=O)O)o1. The summed E-state index contributed by atoms with van der Waals surface area (Å²) in [5.74, 6) is -0.979. The van der Waals surface area contributed by atoms with E-state index >= 15 is 0 Å². The Balaban J connectivity index is 2.61. The van der Waals surface area contributed by atoms with Gasteiger partial charge in [-0.2, -0.15) is 0 Å². The molecule has 112 valence electrons. The van der Waals surface area contributed by atoms with Gasteiger partial charge in [0.25, 0.3) is 0 Å². The average molecular weight is 283 g/mol. The maximum Gasteiger partial charge on any atom is 0.371 e. The smallest absolute Gasteiger partial charge is 0.371 e. The molecule has 0 saturated carbocycles. The van der Waals surface area contributed by atoms with E-state index in [1.807, 2.05) is 4.90 Å². The van der Waals surface area contributed by atoms with Gasteiger partial charge in [-0.3, -0.25) is 9.69 Å². The molecule has 1 aromatic rings. The van der Waals surface area contributed by atoms with Crippen molar-refractivity contribution >= 4 is 11.9 Å². The highest BCUT2D eigenvalue weighted by Crippen LogP contribution is 2.12. The van der Waals surface area contributed by atoms with Gasteiger partial charge in [0.05, 0.1) is 13.0 Å². The third kappa shape index (κ3) is 5.88. The van der Waals surface area contributed by atoms with Crippen molar-refractivity contribution in [1.29, 1.82) is 0 Å². The quantitative estimate of drug-likeness (QED) is 0.722. The van der Waals surface area contributed by atoms with Crippen molar-refractivity contribution in [2.45, 2.75) is 33.2 Å². The normalized spacial score (nSPS) is 11.2. The van der Waals surface area contributed by atoms with Gasteiger partial charge in [-0.1, -0.05) is 13.8 Å². The van der Waals surface area contributed by atoms with Crippen molar-refractivity contribution < 1.29 is 24.2 Å². The molecule has 0 fully saturated rings. The highest BCUT2D eigenvalue weighted by Gasteiger charge is 2.14. The molecule has 0 aromatic carbocycles. The summed E-state index contributed by atoms with van der Waals surface area (Å²) in [6, 6.07) is 3.03. The van der Waals surface area contributed by atoms with Gasteiger partial charge < -0.3 is 14.6 Å². The van der Waals surface area contributed by atoms with Gasteiger partial charge in [-0.05, 0) is 31.0 Å². The Bertz CT molecular complexity index is 452. The third-order valence-corrected chi connectivity index (χ3v) is 2.92. The topological polar surface area (TPSA) is 91.0 Å². The lowest BCUT2D eigenvalue weighted by Crippen LogP contribution is -2.27. The largest absolute Gasteiger partial charge is 0.481 e. The van der Waals surface area contributed by atoms with E-state index in [1.165, 1.54) is 6.07 Å². The molecule has 6 nitrogen and oxygen atoms in total. The maximum atomic E-state index is 10.7. The van der Waals surface area contributed by atoms with Crippen molar-refractivity contribution in [3.05, 3.63) is 23.7 Å². The fourth-order valence-corrected chi connectivity index (χ4v) is 1.76. The molecule has 0 aliphatic carbocycles. The van der Waals surface area contributed by atoms with E-state index in [4.69, 9.17) is 14.6 Å². The summed E-state index contributed by atoms with van der Waals surface area (Å²) in [6.45, 7) is 5.81. The fourth-order valence-electron chi connectivity index (χ4n) is 1.76. The maximum absolute atomic E-state index is 10.7. The lowest BCUT2D eigenvalue weighted by molar-refractivity contribution is -0.137. The summed E-state index contributed by atoms with van der Waals surface area (Å²) in [5, 5.41) is 17.6. The van der Waals surface area contributed by atoms with Crippen molar-refractivity contribution in [1.82, 2.24) is 4.90 Å². The van der Waals surface area contributed by atoms with Crippen LogP contribution in [0.25, 0.3) is 0 Å². The van der Waals surface area contributed by atoms with Gasteiger partial charge in [0.1, 0.15) is 5.76 Å². The van der Waals surface area contributed by atoms with Crippen molar-refractivity contribution in [2.24, 2.45) is 5.92 Å². The van der Waals surface area contributed by atoms with Gasteiger partial charge in [-0.25, -0.2) is 4.79 Å². The lowest BCUT2D eigenvalue weighted by atomic mass is 10.1. The Kier molecular flexibility index (Phi) is 6.24. The molecule has 0 aliphatic heterocycles. The predicted molar refractivity (Wildman–Crippen MR) is 72.7 cm³/mol. The van der Waals surface area contributed by atoms with E-state index in [1.54, 1.807) is 6.07 Å². The van der Waals surface area contributed by atoms with Crippen LogP contribution in [0.15, 0.2) is 16.5 Å². The number of carboxylic acids is 2. The summed E-state index contributed by atoms with van der Waals surface area (Å²) in [5.41, 5.74) is 0. The molecule has 6 heteroatoms. The van der Waals surface area contributed by atoms with Crippen molar-refractivity contribution in [3.8, 4) is 0 Å². The van der Waals surface area contributed by atoms with Gasteiger partial charge in [0.15, 0.2) is 0 Å². The second-order valence-electron chi connectivity index (χ2n) is 5.17. The summed E-state index contributed by atoms with van der Waals surface area (Å²) in [4.78, 5) is 23.4. The summed E-state index contributed by atoms with van der Waals surface area (Å²) < 4.78 is 5.20. The molecule has 0 radical (unpaired) electrons. The summed E-state index contributed by atoms with van der Waals surface area (Å²) in [6.07, 6.45) is 1.01. The number of nitrogens with zero attached hydrogens (tertiary/aromatic N) is 1. The third-order valence-electron chi connectivity index (χ3n) is 2.92. The molecule has 20 heavy (non-hydrogen) atoms. The van der Waals surface area contributed by atoms with Gasteiger partial charge >= 0.3 is 11.9 Å². The molecule has 1 rings (SSSR count). The molecular formula is C14H21NO5. The van der Waals surface area contributed by atoms with E-state index in [0.29, 0.717) is 24.8 Å². The van der Waals surface area contributed by atoms with Crippen LogP contribution in [-0.2, 0) is 11.3 Å². The van der Waals surface area contributed by atoms with Crippen LogP contribution < -0.4 is 0 Å². The standard InChI is InChI=1S/C14H21NO5/c1-10(2)5-7-15(8-6-13(16)17)9-11-3-4-12(20-11)14(18)19/h3-4,10H,5-9H2,1-2H3,(H,16,17)(H,18,19). The molecule has 0 bridgehead atoms. The van der Waals surface area contributed by atoms with Crippen LogP contribution in [0.1, 0.15) is 43.0 Å². The van der Waals surface area contributed by atoms with Crippen molar-refractivity contribution in [2.75, 3.05) is 13.1 Å². The minimum absolute atomic E-state index is 0.0601. The van der Waals surface area contributed by atoms with Gasteiger partial charge in [-0.15, -0.1) is 0 Å². The van der Waals surface area contributed by atoms with E-state index < -0.39 is 11.9 Å². The minimum atomic E-state index is -1.10. The molecule has 0 atom stereocenters. The van der Waals surface area contributed by atoms with E-state index in [0.717, 1.165) is 13.0 Å². The molecule has 0 spiro atoms. The number of carbonyl (C=O) groups is 2. The zero-order valence-corrected chi connectivity index (χ0v) is 11.8. The number of carboxylic acid groups (broad SMARTS) is 2. The Hall–Kier alpha value is -1.82. The first kappa shape index (κ1) is 16.2.